The van der Waals surface area contributed by atoms with E-state index >= 15 is 0 Å². The van der Waals surface area contributed by atoms with Crippen LogP contribution in [0.2, 0.25) is 0 Å². The molecular formula is C17H20BrNS. The molecule has 1 heterocycles. The Morgan fingerprint density at radius 2 is 1.85 bits per heavy atom. The molecule has 0 radical (unpaired) electrons. The van der Waals surface area contributed by atoms with Gasteiger partial charge in [-0.3, -0.25) is 0 Å². The zero-order valence-electron chi connectivity index (χ0n) is 11.8. The van der Waals surface area contributed by atoms with Crippen LogP contribution in [-0.2, 0) is 0 Å². The smallest absolute Gasteiger partial charge is 0.0963 e. The van der Waals surface area contributed by atoms with Gasteiger partial charge in [0.15, 0.2) is 0 Å². The van der Waals surface area contributed by atoms with E-state index in [0.717, 1.165) is 16.1 Å². The number of thiazole rings is 1. The molecule has 1 aromatic heterocycles. The van der Waals surface area contributed by atoms with Gasteiger partial charge < -0.3 is 0 Å². The van der Waals surface area contributed by atoms with Crippen molar-refractivity contribution < 1.29 is 0 Å². The molecule has 1 aliphatic rings. The first kappa shape index (κ1) is 14.3. The quantitative estimate of drug-likeness (QED) is 0.637. The Morgan fingerprint density at radius 1 is 1.15 bits per heavy atom. The molecule has 0 saturated heterocycles. The number of aromatic nitrogens is 1. The molecular weight excluding hydrogens is 330 g/mol. The maximum Gasteiger partial charge on any atom is 0.0963 e. The first-order valence-corrected chi connectivity index (χ1v) is 9.15. The van der Waals surface area contributed by atoms with Crippen molar-refractivity contribution in [2.24, 2.45) is 5.92 Å². The van der Waals surface area contributed by atoms with Crippen molar-refractivity contribution >= 4 is 27.3 Å². The Morgan fingerprint density at radius 3 is 2.50 bits per heavy atom. The van der Waals surface area contributed by atoms with Crippen LogP contribution in [0.3, 0.4) is 0 Å². The average Bonchev–Trinajstić information content (AvgIpc) is 2.98. The molecule has 1 fully saturated rings. The molecule has 0 atom stereocenters. The third-order valence-electron chi connectivity index (χ3n) is 4.44. The van der Waals surface area contributed by atoms with Crippen LogP contribution in [0.5, 0.6) is 0 Å². The second-order valence-corrected chi connectivity index (χ2v) is 7.51. The largest absolute Gasteiger partial charge is 0.241 e. The van der Waals surface area contributed by atoms with E-state index in [1.54, 1.807) is 0 Å². The summed E-state index contributed by atoms with van der Waals surface area (Å²) in [4.78, 5) is 4.89. The minimum absolute atomic E-state index is 0.701. The summed E-state index contributed by atoms with van der Waals surface area (Å²) in [5.74, 6) is 1.66. The topological polar surface area (TPSA) is 12.9 Å². The zero-order chi connectivity index (χ0) is 13.9. The summed E-state index contributed by atoms with van der Waals surface area (Å²) in [6.07, 6.45) is 6.76. The van der Waals surface area contributed by atoms with E-state index in [1.807, 2.05) is 11.3 Å². The van der Waals surface area contributed by atoms with Crippen LogP contribution in [0.25, 0.3) is 11.3 Å². The highest BCUT2D eigenvalue weighted by molar-refractivity contribution is 9.10. The van der Waals surface area contributed by atoms with Crippen molar-refractivity contribution in [1.82, 2.24) is 4.98 Å². The molecule has 1 aromatic carbocycles. The summed E-state index contributed by atoms with van der Waals surface area (Å²) in [6.45, 7) is 2.32. The molecule has 3 rings (SSSR count). The van der Waals surface area contributed by atoms with E-state index in [4.69, 9.17) is 4.98 Å². The zero-order valence-corrected chi connectivity index (χ0v) is 14.2. The van der Waals surface area contributed by atoms with Crippen molar-refractivity contribution in [2.75, 3.05) is 0 Å². The fraction of sp³-hybridized carbons (Fsp3) is 0.471. The second-order valence-electron chi connectivity index (χ2n) is 5.70. The van der Waals surface area contributed by atoms with Crippen LogP contribution in [0.1, 0.15) is 50.0 Å². The van der Waals surface area contributed by atoms with Crippen LogP contribution in [-0.4, -0.2) is 4.98 Å². The van der Waals surface area contributed by atoms with Crippen molar-refractivity contribution in [1.29, 1.82) is 0 Å². The van der Waals surface area contributed by atoms with Gasteiger partial charge in [-0.05, 0) is 43.7 Å². The normalized spacial score (nSPS) is 22.9. The molecule has 20 heavy (non-hydrogen) atoms. The number of hydrogen-bond acceptors (Lipinski definition) is 2. The van der Waals surface area contributed by atoms with Crippen molar-refractivity contribution in [3.63, 3.8) is 0 Å². The van der Waals surface area contributed by atoms with Gasteiger partial charge in [0.25, 0.3) is 0 Å². The average molecular weight is 350 g/mol. The van der Waals surface area contributed by atoms with Gasteiger partial charge in [-0.25, -0.2) is 4.98 Å². The van der Waals surface area contributed by atoms with Gasteiger partial charge in [0.2, 0.25) is 0 Å². The van der Waals surface area contributed by atoms with Crippen molar-refractivity contribution in [2.45, 2.75) is 44.9 Å². The first-order valence-electron chi connectivity index (χ1n) is 7.47. The minimum Gasteiger partial charge on any atom is -0.241 e. The fourth-order valence-corrected chi connectivity index (χ4v) is 4.31. The first-order chi connectivity index (χ1) is 9.76. The molecule has 0 spiro atoms. The van der Waals surface area contributed by atoms with Gasteiger partial charge in [0.1, 0.15) is 0 Å². The van der Waals surface area contributed by atoms with E-state index in [9.17, 15) is 0 Å². The lowest BCUT2D eigenvalue weighted by Crippen LogP contribution is -2.12. The highest BCUT2D eigenvalue weighted by Gasteiger charge is 2.23. The second kappa shape index (κ2) is 6.40. The highest BCUT2D eigenvalue weighted by atomic mass is 79.9. The molecule has 0 N–H and O–H groups in total. The predicted octanol–water partition coefficient (Wildman–Crippen LogP) is 6.26. The molecule has 0 unspecified atom stereocenters. The number of halogens is 1. The monoisotopic (exact) mass is 349 g/mol. The number of nitrogens with zero attached hydrogens (tertiary/aromatic N) is 1. The lowest BCUT2D eigenvalue weighted by Gasteiger charge is -2.26. The van der Waals surface area contributed by atoms with E-state index in [1.165, 1.54) is 42.7 Å². The van der Waals surface area contributed by atoms with Crippen LogP contribution in [0, 0.1) is 5.92 Å². The number of rotatable bonds is 3. The highest BCUT2D eigenvalue weighted by Crippen LogP contribution is 2.39. The van der Waals surface area contributed by atoms with Crippen molar-refractivity contribution in [3.8, 4) is 11.3 Å². The Kier molecular flexibility index (Phi) is 4.57. The lowest BCUT2D eigenvalue weighted by atomic mass is 9.81. The summed E-state index contributed by atoms with van der Waals surface area (Å²) in [5.41, 5.74) is 2.35. The fourth-order valence-electron chi connectivity index (χ4n) is 3.05. The van der Waals surface area contributed by atoms with E-state index in [0.29, 0.717) is 5.92 Å². The summed E-state index contributed by atoms with van der Waals surface area (Å²) in [6, 6.07) is 8.44. The maximum atomic E-state index is 4.89. The van der Waals surface area contributed by atoms with Gasteiger partial charge in [-0.1, -0.05) is 41.4 Å². The third kappa shape index (κ3) is 3.15. The Hall–Kier alpha value is -0.670. The molecule has 2 aromatic rings. The number of hydrogen-bond donors (Lipinski definition) is 0. The van der Waals surface area contributed by atoms with Gasteiger partial charge >= 0.3 is 0 Å². The third-order valence-corrected chi connectivity index (χ3v) is 5.97. The lowest BCUT2D eigenvalue weighted by molar-refractivity contribution is 0.318. The van der Waals surface area contributed by atoms with Gasteiger partial charge in [-0.2, -0.15) is 0 Å². The summed E-state index contributed by atoms with van der Waals surface area (Å²) < 4.78 is 1.12. The van der Waals surface area contributed by atoms with Gasteiger partial charge in [0, 0.05) is 21.3 Å². The number of benzene rings is 1. The summed E-state index contributed by atoms with van der Waals surface area (Å²) in [7, 11) is 0. The van der Waals surface area contributed by atoms with E-state index in [2.05, 4.69) is 52.5 Å². The summed E-state index contributed by atoms with van der Waals surface area (Å²) in [5, 5.41) is 3.56. The van der Waals surface area contributed by atoms with E-state index < -0.39 is 0 Å². The predicted molar refractivity (Wildman–Crippen MR) is 90.2 cm³/mol. The molecule has 106 valence electrons. The van der Waals surface area contributed by atoms with Crippen LogP contribution in [0.15, 0.2) is 34.1 Å². The molecule has 1 saturated carbocycles. The molecule has 1 aliphatic carbocycles. The van der Waals surface area contributed by atoms with Crippen molar-refractivity contribution in [3.05, 3.63) is 39.1 Å². The minimum atomic E-state index is 0.701. The van der Waals surface area contributed by atoms with Crippen LogP contribution < -0.4 is 0 Å². The van der Waals surface area contributed by atoms with Gasteiger partial charge in [-0.15, -0.1) is 11.3 Å². The standard InChI is InChI=1S/C17H20BrNS/c1-2-12-3-5-14(6-4-12)17-19-16(11-20-17)13-7-9-15(18)10-8-13/h7-12,14H,2-6H2,1H3. The Balaban J connectivity index is 1.72. The molecule has 0 amide bonds. The maximum absolute atomic E-state index is 4.89. The molecule has 0 bridgehead atoms. The Labute approximate surface area is 133 Å². The van der Waals surface area contributed by atoms with Gasteiger partial charge in [0.05, 0.1) is 10.7 Å². The van der Waals surface area contributed by atoms with Crippen LogP contribution >= 0.6 is 27.3 Å². The van der Waals surface area contributed by atoms with E-state index in [-0.39, 0.29) is 0 Å². The van der Waals surface area contributed by atoms with Crippen LogP contribution in [0.4, 0.5) is 0 Å². The summed E-state index contributed by atoms with van der Waals surface area (Å²) >= 11 is 5.32. The molecule has 0 aliphatic heterocycles. The molecule has 3 heteroatoms. The SMILES string of the molecule is CCC1CCC(c2nc(-c3ccc(Br)cc3)cs2)CC1. The molecule has 1 nitrogen and oxygen atoms in total. The Bertz CT molecular complexity index is 553.